The summed E-state index contributed by atoms with van der Waals surface area (Å²) in [5.74, 6) is -0.267. The number of non-ortho nitro benzene ring substituents is 1. The van der Waals surface area contributed by atoms with E-state index in [9.17, 15) is 14.9 Å². The maximum absolute atomic E-state index is 13.1. The molecule has 2 aromatic rings. The number of anilines is 1. The van der Waals surface area contributed by atoms with Crippen LogP contribution in [-0.4, -0.2) is 15.9 Å². The summed E-state index contributed by atoms with van der Waals surface area (Å²) in [7, 11) is 0. The standard InChI is InChI=1S/C20H20N4O3S/c1-11-4-5-12(2)16(10-11)22-19(25)17-13(3)21-20(28)23-18(17)14-6-8-15(9-7-14)24(26)27/h4-10,18H,1-3H3,(H,22,25)(H2,21,23,28)/t18-/m0/s1. The quantitative estimate of drug-likeness (QED) is 0.415. The minimum absolute atomic E-state index is 0.0117. The maximum atomic E-state index is 13.1. The zero-order chi connectivity index (χ0) is 20.4. The van der Waals surface area contributed by atoms with Crippen LogP contribution in [0, 0.1) is 24.0 Å². The lowest BCUT2D eigenvalue weighted by Crippen LogP contribution is -2.45. The largest absolute Gasteiger partial charge is 0.351 e. The Morgan fingerprint density at radius 3 is 2.46 bits per heavy atom. The molecule has 7 nitrogen and oxygen atoms in total. The smallest absolute Gasteiger partial charge is 0.269 e. The molecule has 0 unspecified atom stereocenters. The van der Waals surface area contributed by atoms with E-state index < -0.39 is 11.0 Å². The van der Waals surface area contributed by atoms with E-state index in [1.807, 2.05) is 32.0 Å². The van der Waals surface area contributed by atoms with Gasteiger partial charge in [-0.15, -0.1) is 0 Å². The molecule has 28 heavy (non-hydrogen) atoms. The zero-order valence-electron chi connectivity index (χ0n) is 15.7. The second-order valence-corrected chi connectivity index (χ2v) is 7.10. The van der Waals surface area contributed by atoms with Crippen LogP contribution in [0.1, 0.15) is 29.7 Å². The van der Waals surface area contributed by atoms with Crippen LogP contribution in [0.3, 0.4) is 0 Å². The molecule has 0 radical (unpaired) electrons. The fourth-order valence-electron chi connectivity index (χ4n) is 3.09. The van der Waals surface area contributed by atoms with Crippen LogP contribution in [0.25, 0.3) is 0 Å². The minimum Gasteiger partial charge on any atom is -0.351 e. The number of nitrogens with one attached hydrogen (secondary N) is 3. The Kier molecular flexibility index (Phi) is 5.41. The van der Waals surface area contributed by atoms with Gasteiger partial charge in [-0.2, -0.15) is 0 Å². The summed E-state index contributed by atoms with van der Waals surface area (Å²) in [4.78, 5) is 23.6. The summed E-state index contributed by atoms with van der Waals surface area (Å²) in [6, 6.07) is 11.4. The van der Waals surface area contributed by atoms with Gasteiger partial charge >= 0.3 is 0 Å². The van der Waals surface area contributed by atoms with Crippen molar-refractivity contribution in [2.75, 3.05) is 5.32 Å². The molecular formula is C20H20N4O3S. The van der Waals surface area contributed by atoms with Crippen molar-refractivity contribution in [2.45, 2.75) is 26.8 Å². The first-order valence-electron chi connectivity index (χ1n) is 8.67. The molecule has 0 saturated carbocycles. The maximum Gasteiger partial charge on any atom is 0.269 e. The summed E-state index contributed by atoms with van der Waals surface area (Å²) in [5, 5.41) is 20.3. The van der Waals surface area contributed by atoms with Crippen molar-refractivity contribution in [3.8, 4) is 0 Å². The van der Waals surface area contributed by atoms with Gasteiger partial charge in [0, 0.05) is 23.5 Å². The van der Waals surface area contributed by atoms with Crippen molar-refractivity contribution >= 4 is 34.6 Å². The molecule has 0 spiro atoms. The predicted molar refractivity (Wildman–Crippen MR) is 112 cm³/mol. The number of aryl methyl sites for hydroxylation is 2. The van der Waals surface area contributed by atoms with Crippen LogP contribution >= 0.6 is 12.2 Å². The van der Waals surface area contributed by atoms with Crippen LogP contribution < -0.4 is 16.0 Å². The monoisotopic (exact) mass is 396 g/mol. The van der Waals surface area contributed by atoms with E-state index in [0.717, 1.165) is 16.8 Å². The lowest BCUT2D eigenvalue weighted by molar-refractivity contribution is -0.384. The van der Waals surface area contributed by atoms with Crippen molar-refractivity contribution in [1.82, 2.24) is 10.6 Å². The Balaban J connectivity index is 1.96. The van der Waals surface area contributed by atoms with Gasteiger partial charge in [-0.3, -0.25) is 14.9 Å². The average Bonchev–Trinajstić information content (AvgIpc) is 2.64. The topological polar surface area (TPSA) is 96.3 Å². The normalized spacial score (nSPS) is 16.2. The van der Waals surface area contributed by atoms with E-state index in [1.165, 1.54) is 12.1 Å². The highest BCUT2D eigenvalue weighted by atomic mass is 32.1. The zero-order valence-corrected chi connectivity index (χ0v) is 16.5. The van der Waals surface area contributed by atoms with Gasteiger partial charge in [-0.25, -0.2) is 0 Å². The molecule has 0 saturated heterocycles. The number of amides is 1. The Hall–Kier alpha value is -3.26. The summed E-state index contributed by atoms with van der Waals surface area (Å²) < 4.78 is 0. The second kappa shape index (κ2) is 7.77. The van der Waals surface area contributed by atoms with Crippen LogP contribution in [0.2, 0.25) is 0 Å². The highest BCUT2D eigenvalue weighted by Crippen LogP contribution is 2.29. The average molecular weight is 396 g/mol. The molecule has 3 N–H and O–H groups in total. The first-order valence-corrected chi connectivity index (χ1v) is 9.08. The van der Waals surface area contributed by atoms with Gasteiger partial charge in [0.2, 0.25) is 0 Å². The van der Waals surface area contributed by atoms with E-state index in [4.69, 9.17) is 12.2 Å². The second-order valence-electron chi connectivity index (χ2n) is 6.69. The fourth-order valence-corrected chi connectivity index (χ4v) is 3.36. The van der Waals surface area contributed by atoms with Gasteiger partial charge in [0.05, 0.1) is 16.5 Å². The first-order chi connectivity index (χ1) is 13.3. The van der Waals surface area contributed by atoms with Gasteiger partial charge < -0.3 is 16.0 Å². The molecule has 1 aliphatic heterocycles. The lowest BCUT2D eigenvalue weighted by Gasteiger charge is -2.30. The number of hydrogen-bond acceptors (Lipinski definition) is 4. The molecule has 8 heteroatoms. The molecule has 1 heterocycles. The van der Waals surface area contributed by atoms with Gasteiger partial charge in [-0.05, 0) is 67.9 Å². The van der Waals surface area contributed by atoms with Crippen molar-refractivity contribution in [3.05, 3.63) is 80.5 Å². The number of nitrogens with zero attached hydrogens (tertiary/aromatic N) is 1. The Bertz CT molecular complexity index is 999. The van der Waals surface area contributed by atoms with Crippen LogP contribution in [0.4, 0.5) is 11.4 Å². The molecule has 1 atom stereocenters. The van der Waals surface area contributed by atoms with Crippen LogP contribution in [-0.2, 0) is 4.79 Å². The third kappa shape index (κ3) is 4.01. The Morgan fingerprint density at radius 2 is 1.82 bits per heavy atom. The number of rotatable bonds is 4. The SMILES string of the molecule is CC1=C(C(=O)Nc2cc(C)ccc2C)[C@H](c2ccc([N+](=O)[O-])cc2)NC(=S)N1. The highest BCUT2D eigenvalue weighted by molar-refractivity contribution is 7.80. The number of nitro benzene ring substituents is 1. The lowest BCUT2D eigenvalue weighted by atomic mass is 9.94. The molecule has 0 aromatic heterocycles. The summed E-state index contributed by atoms with van der Waals surface area (Å²) in [5.41, 5.74) is 4.54. The summed E-state index contributed by atoms with van der Waals surface area (Å²) >= 11 is 5.24. The highest BCUT2D eigenvalue weighted by Gasteiger charge is 2.30. The molecule has 1 aliphatic rings. The van der Waals surface area contributed by atoms with Gasteiger partial charge in [0.25, 0.3) is 11.6 Å². The third-order valence-corrected chi connectivity index (χ3v) is 4.81. The number of hydrogen-bond donors (Lipinski definition) is 3. The number of thiocarbonyl (C=S) groups is 1. The number of allylic oxidation sites excluding steroid dienone is 1. The summed E-state index contributed by atoms with van der Waals surface area (Å²) in [6.45, 7) is 5.67. The van der Waals surface area contributed by atoms with E-state index >= 15 is 0 Å². The third-order valence-electron chi connectivity index (χ3n) is 4.59. The number of benzene rings is 2. The van der Waals surface area contributed by atoms with Crippen molar-refractivity contribution in [2.24, 2.45) is 0 Å². The molecule has 0 bridgehead atoms. The van der Waals surface area contributed by atoms with Crippen molar-refractivity contribution in [3.63, 3.8) is 0 Å². The molecular weight excluding hydrogens is 376 g/mol. The Labute approximate surface area is 168 Å². The summed E-state index contributed by atoms with van der Waals surface area (Å²) in [6.07, 6.45) is 0. The fraction of sp³-hybridized carbons (Fsp3) is 0.200. The Morgan fingerprint density at radius 1 is 1.14 bits per heavy atom. The van der Waals surface area contributed by atoms with Crippen molar-refractivity contribution < 1.29 is 9.72 Å². The van der Waals surface area contributed by atoms with Crippen LogP contribution in [0.15, 0.2) is 53.7 Å². The van der Waals surface area contributed by atoms with Crippen molar-refractivity contribution in [1.29, 1.82) is 0 Å². The van der Waals surface area contributed by atoms with E-state index in [0.29, 0.717) is 21.9 Å². The predicted octanol–water partition coefficient (Wildman–Crippen LogP) is 3.64. The van der Waals surface area contributed by atoms with Gasteiger partial charge in [0.1, 0.15) is 0 Å². The minimum atomic E-state index is -0.514. The molecule has 1 amide bonds. The van der Waals surface area contributed by atoms with Gasteiger partial charge in [-0.1, -0.05) is 12.1 Å². The molecule has 2 aromatic carbocycles. The number of nitro groups is 1. The van der Waals surface area contributed by atoms with Gasteiger partial charge in [0.15, 0.2) is 5.11 Å². The van der Waals surface area contributed by atoms with E-state index in [-0.39, 0.29) is 11.6 Å². The number of carbonyl (C=O) groups excluding carboxylic acids is 1. The molecule has 3 rings (SSSR count). The van der Waals surface area contributed by atoms with Crippen LogP contribution in [0.5, 0.6) is 0 Å². The molecule has 144 valence electrons. The van der Waals surface area contributed by atoms with E-state index in [2.05, 4.69) is 16.0 Å². The molecule has 0 fully saturated rings. The number of carbonyl (C=O) groups is 1. The first kappa shape index (κ1) is 19.5. The van der Waals surface area contributed by atoms with E-state index in [1.54, 1.807) is 19.1 Å². The molecule has 0 aliphatic carbocycles.